The second-order valence-corrected chi connectivity index (χ2v) is 6.03. The monoisotopic (exact) mass is 245 g/mol. The maximum absolute atomic E-state index is 3.67. The first kappa shape index (κ1) is 11.2. The Morgan fingerprint density at radius 3 is 2.82 bits per heavy atom. The van der Waals surface area contributed by atoms with Gasteiger partial charge in [0.25, 0.3) is 0 Å². The molecule has 0 radical (unpaired) electrons. The highest BCUT2D eigenvalue weighted by Gasteiger charge is 2.28. The van der Waals surface area contributed by atoms with Crippen LogP contribution >= 0.6 is 11.3 Å². The van der Waals surface area contributed by atoms with Crippen LogP contribution in [0.25, 0.3) is 10.1 Å². The normalized spacial score (nSPS) is 18.2. The summed E-state index contributed by atoms with van der Waals surface area (Å²) in [6.45, 7) is 3.27. The highest BCUT2D eigenvalue weighted by atomic mass is 32.1. The summed E-state index contributed by atoms with van der Waals surface area (Å²) in [5, 5.41) is 5.07. The van der Waals surface area contributed by atoms with E-state index in [-0.39, 0.29) is 0 Å². The van der Waals surface area contributed by atoms with E-state index < -0.39 is 0 Å². The first-order chi connectivity index (χ1) is 8.38. The van der Waals surface area contributed by atoms with Crippen LogP contribution in [-0.2, 0) is 0 Å². The molecule has 1 aliphatic carbocycles. The summed E-state index contributed by atoms with van der Waals surface area (Å²) in [6, 6.07) is 11.7. The third kappa shape index (κ3) is 2.12. The van der Waals surface area contributed by atoms with Crippen LogP contribution in [0.2, 0.25) is 0 Å². The average Bonchev–Trinajstić information content (AvgIpc) is 2.69. The fourth-order valence-electron chi connectivity index (χ4n) is 2.65. The van der Waals surface area contributed by atoms with Crippen molar-refractivity contribution in [3.63, 3.8) is 0 Å². The molecule has 3 rings (SSSR count). The molecule has 1 heterocycles. The van der Waals surface area contributed by atoms with Crippen LogP contribution in [0.4, 0.5) is 0 Å². The summed E-state index contributed by atoms with van der Waals surface area (Å²) in [5.41, 5.74) is 0. The van der Waals surface area contributed by atoms with Crippen molar-refractivity contribution in [3.05, 3.63) is 35.2 Å². The molecule has 2 heteroatoms. The van der Waals surface area contributed by atoms with Crippen molar-refractivity contribution in [2.24, 2.45) is 5.92 Å². The zero-order valence-electron chi connectivity index (χ0n) is 10.3. The van der Waals surface area contributed by atoms with Crippen molar-refractivity contribution >= 4 is 21.4 Å². The number of fused-ring (bicyclic) bond motifs is 1. The van der Waals surface area contributed by atoms with Gasteiger partial charge in [0.1, 0.15) is 0 Å². The van der Waals surface area contributed by atoms with E-state index in [2.05, 4.69) is 42.6 Å². The molecule has 1 N–H and O–H groups in total. The Kier molecular flexibility index (Phi) is 3.17. The van der Waals surface area contributed by atoms with Crippen LogP contribution in [0.15, 0.2) is 30.3 Å². The minimum atomic E-state index is 0.589. The summed E-state index contributed by atoms with van der Waals surface area (Å²) >= 11 is 1.96. The Morgan fingerprint density at radius 2 is 2.18 bits per heavy atom. The number of hydrogen-bond donors (Lipinski definition) is 1. The average molecular weight is 245 g/mol. The number of benzene rings is 1. The lowest BCUT2D eigenvalue weighted by Gasteiger charge is -2.33. The van der Waals surface area contributed by atoms with E-state index in [9.17, 15) is 0 Å². The molecule has 2 aromatic rings. The van der Waals surface area contributed by atoms with Crippen molar-refractivity contribution < 1.29 is 0 Å². The maximum atomic E-state index is 3.67. The van der Waals surface area contributed by atoms with E-state index in [1.54, 1.807) is 0 Å². The predicted octanol–water partition coefficient (Wildman–Crippen LogP) is 4.35. The van der Waals surface area contributed by atoms with E-state index in [4.69, 9.17) is 0 Å². The van der Waals surface area contributed by atoms with Gasteiger partial charge < -0.3 is 5.32 Å². The summed E-state index contributed by atoms with van der Waals surface area (Å²) in [6.07, 6.45) is 4.20. The van der Waals surface area contributed by atoms with E-state index >= 15 is 0 Å². The lowest BCUT2D eigenvalue weighted by Crippen LogP contribution is -2.31. The smallest absolute Gasteiger partial charge is 0.0443 e. The third-order valence-electron chi connectivity index (χ3n) is 3.80. The summed E-state index contributed by atoms with van der Waals surface area (Å²) in [5.74, 6) is 0.864. The number of hydrogen-bond acceptors (Lipinski definition) is 2. The van der Waals surface area contributed by atoms with Crippen molar-refractivity contribution in [1.29, 1.82) is 0 Å². The van der Waals surface area contributed by atoms with Crippen molar-refractivity contribution in [2.45, 2.75) is 32.2 Å². The number of thiophene rings is 1. The van der Waals surface area contributed by atoms with Crippen LogP contribution in [0.1, 0.15) is 37.1 Å². The molecule has 0 saturated heterocycles. The van der Waals surface area contributed by atoms with Gasteiger partial charge in [-0.2, -0.15) is 0 Å². The molecule has 17 heavy (non-hydrogen) atoms. The van der Waals surface area contributed by atoms with Gasteiger partial charge in [0.05, 0.1) is 0 Å². The molecule has 1 atom stereocenters. The molecule has 0 spiro atoms. The predicted molar refractivity (Wildman–Crippen MR) is 75.6 cm³/mol. The lowest BCUT2D eigenvalue weighted by molar-refractivity contribution is 0.236. The maximum Gasteiger partial charge on any atom is 0.0443 e. The van der Waals surface area contributed by atoms with Crippen molar-refractivity contribution in [2.75, 3.05) is 6.54 Å². The first-order valence-corrected chi connectivity index (χ1v) is 7.42. The molecule has 1 nitrogen and oxygen atoms in total. The zero-order chi connectivity index (χ0) is 11.7. The van der Waals surface area contributed by atoms with Crippen LogP contribution in [0, 0.1) is 5.92 Å². The molecular formula is C15H19NS. The van der Waals surface area contributed by atoms with Gasteiger partial charge >= 0.3 is 0 Å². The highest BCUT2D eigenvalue weighted by Crippen LogP contribution is 2.41. The van der Waals surface area contributed by atoms with Gasteiger partial charge in [0.15, 0.2) is 0 Å². The SMILES string of the molecule is CCNC(c1cc2ccccc2s1)C1CCC1. The summed E-state index contributed by atoms with van der Waals surface area (Å²) < 4.78 is 1.42. The molecule has 1 aromatic carbocycles. The molecular weight excluding hydrogens is 226 g/mol. The lowest BCUT2D eigenvalue weighted by atomic mass is 9.79. The molecule has 1 aliphatic rings. The molecule has 90 valence electrons. The standard InChI is InChI=1S/C15H19NS/c1-2-16-15(11-7-5-8-11)14-10-12-6-3-4-9-13(12)17-14/h3-4,6,9-11,15-16H,2,5,7-8H2,1H3. The van der Waals surface area contributed by atoms with Crippen molar-refractivity contribution in [3.8, 4) is 0 Å². The van der Waals surface area contributed by atoms with Gasteiger partial charge in [-0.3, -0.25) is 0 Å². The molecule has 0 bridgehead atoms. The first-order valence-electron chi connectivity index (χ1n) is 6.60. The summed E-state index contributed by atoms with van der Waals surface area (Å²) in [7, 11) is 0. The molecule has 0 aliphatic heterocycles. The topological polar surface area (TPSA) is 12.0 Å². The van der Waals surface area contributed by atoms with Gasteiger partial charge in [0, 0.05) is 15.6 Å². The van der Waals surface area contributed by atoms with Gasteiger partial charge in [-0.05, 0) is 42.8 Å². The van der Waals surface area contributed by atoms with Crippen LogP contribution in [0.3, 0.4) is 0 Å². The van der Waals surface area contributed by atoms with E-state index in [1.165, 1.54) is 34.2 Å². The highest BCUT2D eigenvalue weighted by molar-refractivity contribution is 7.19. The fraction of sp³-hybridized carbons (Fsp3) is 0.467. The largest absolute Gasteiger partial charge is 0.309 e. The second-order valence-electron chi connectivity index (χ2n) is 4.91. The molecule has 0 amide bonds. The van der Waals surface area contributed by atoms with E-state index in [0.717, 1.165) is 12.5 Å². The molecule has 1 fully saturated rings. The van der Waals surface area contributed by atoms with E-state index in [1.807, 2.05) is 11.3 Å². The molecule has 1 saturated carbocycles. The Bertz CT molecular complexity index is 465. The van der Waals surface area contributed by atoms with Gasteiger partial charge in [-0.25, -0.2) is 0 Å². The van der Waals surface area contributed by atoms with Crippen LogP contribution in [-0.4, -0.2) is 6.54 Å². The van der Waals surface area contributed by atoms with Crippen molar-refractivity contribution in [1.82, 2.24) is 5.32 Å². The van der Waals surface area contributed by atoms with Gasteiger partial charge in [-0.1, -0.05) is 31.5 Å². The Labute approximate surface area is 107 Å². The van der Waals surface area contributed by atoms with Gasteiger partial charge in [-0.15, -0.1) is 11.3 Å². The third-order valence-corrected chi connectivity index (χ3v) is 5.00. The number of rotatable bonds is 4. The van der Waals surface area contributed by atoms with Gasteiger partial charge in [0.2, 0.25) is 0 Å². The number of nitrogens with one attached hydrogen (secondary N) is 1. The van der Waals surface area contributed by atoms with E-state index in [0.29, 0.717) is 6.04 Å². The molecule has 1 aromatic heterocycles. The quantitative estimate of drug-likeness (QED) is 0.844. The van der Waals surface area contributed by atoms with Crippen LogP contribution < -0.4 is 5.32 Å². The second kappa shape index (κ2) is 4.79. The zero-order valence-corrected chi connectivity index (χ0v) is 11.1. The molecule has 1 unspecified atom stereocenters. The Balaban J connectivity index is 1.93. The minimum Gasteiger partial charge on any atom is -0.309 e. The Morgan fingerprint density at radius 1 is 1.35 bits per heavy atom. The Hall–Kier alpha value is -0.860. The minimum absolute atomic E-state index is 0.589. The fourth-order valence-corrected chi connectivity index (χ4v) is 3.88. The summed E-state index contributed by atoms with van der Waals surface area (Å²) in [4.78, 5) is 1.53. The van der Waals surface area contributed by atoms with Crippen LogP contribution in [0.5, 0.6) is 0 Å².